The van der Waals surface area contributed by atoms with E-state index in [0.29, 0.717) is 19.6 Å². The number of hydrogen-bond acceptors (Lipinski definition) is 2. The molecule has 0 aliphatic carbocycles. The lowest BCUT2D eigenvalue weighted by Crippen LogP contribution is -2.45. The van der Waals surface area contributed by atoms with Gasteiger partial charge in [0.05, 0.1) is 0 Å². The van der Waals surface area contributed by atoms with E-state index < -0.39 is 5.97 Å². The Balaban J connectivity index is 2.38. The Bertz CT molecular complexity index is 296. The van der Waals surface area contributed by atoms with Gasteiger partial charge in [-0.15, -0.1) is 6.58 Å². The number of hydrogen-bond donors (Lipinski definition) is 1. The minimum atomic E-state index is -0.751. The number of piperidine rings is 1. The van der Waals surface area contributed by atoms with Crippen molar-refractivity contribution >= 4 is 12.0 Å². The Hall–Kier alpha value is -1.52. The Morgan fingerprint density at radius 1 is 1.47 bits per heavy atom. The van der Waals surface area contributed by atoms with Crippen molar-refractivity contribution in [2.24, 2.45) is 5.92 Å². The van der Waals surface area contributed by atoms with Crippen molar-refractivity contribution in [2.75, 3.05) is 26.7 Å². The van der Waals surface area contributed by atoms with Gasteiger partial charge in [0.2, 0.25) is 0 Å². The molecule has 1 aliphatic rings. The van der Waals surface area contributed by atoms with Crippen LogP contribution in [0.15, 0.2) is 12.7 Å². The van der Waals surface area contributed by atoms with E-state index in [0.717, 1.165) is 12.8 Å². The Morgan fingerprint density at radius 3 is 2.53 bits per heavy atom. The summed E-state index contributed by atoms with van der Waals surface area (Å²) in [6.07, 6.45) is 3.46. The van der Waals surface area contributed by atoms with Crippen LogP contribution in [-0.4, -0.2) is 53.6 Å². The minimum Gasteiger partial charge on any atom is -0.481 e. The first-order valence-electron chi connectivity index (χ1n) is 5.87. The predicted molar refractivity (Wildman–Crippen MR) is 64.8 cm³/mol. The molecule has 17 heavy (non-hydrogen) atoms. The molecule has 1 aliphatic heterocycles. The molecule has 0 bridgehead atoms. The van der Waals surface area contributed by atoms with Gasteiger partial charge in [-0.05, 0) is 18.8 Å². The highest BCUT2D eigenvalue weighted by Gasteiger charge is 2.25. The molecule has 0 unspecified atom stereocenters. The largest absolute Gasteiger partial charge is 0.481 e. The molecule has 1 N–H and O–H groups in total. The molecule has 0 aromatic rings. The van der Waals surface area contributed by atoms with E-state index in [4.69, 9.17) is 5.11 Å². The molecule has 1 heterocycles. The van der Waals surface area contributed by atoms with Gasteiger partial charge in [-0.3, -0.25) is 4.79 Å². The molecule has 0 aromatic carbocycles. The van der Waals surface area contributed by atoms with Crippen LogP contribution in [-0.2, 0) is 4.79 Å². The molecule has 0 radical (unpaired) electrons. The summed E-state index contributed by atoms with van der Waals surface area (Å²) in [5.74, 6) is -0.542. The van der Waals surface area contributed by atoms with Gasteiger partial charge in [0, 0.05) is 33.1 Å². The first-order chi connectivity index (χ1) is 8.04. The van der Waals surface area contributed by atoms with Crippen molar-refractivity contribution in [3.05, 3.63) is 12.7 Å². The fourth-order valence-corrected chi connectivity index (χ4v) is 2.09. The maximum absolute atomic E-state index is 11.9. The van der Waals surface area contributed by atoms with Gasteiger partial charge in [-0.2, -0.15) is 0 Å². The Labute approximate surface area is 102 Å². The molecule has 1 saturated heterocycles. The third-order valence-electron chi connectivity index (χ3n) is 3.08. The molecule has 1 rings (SSSR count). The second-order valence-electron chi connectivity index (χ2n) is 4.48. The van der Waals surface area contributed by atoms with Crippen LogP contribution in [0.3, 0.4) is 0 Å². The van der Waals surface area contributed by atoms with Crippen LogP contribution in [0.4, 0.5) is 4.79 Å². The third-order valence-corrected chi connectivity index (χ3v) is 3.08. The second-order valence-corrected chi connectivity index (χ2v) is 4.48. The number of carbonyl (C=O) groups excluding carboxylic acids is 1. The molecule has 0 spiro atoms. The summed E-state index contributed by atoms with van der Waals surface area (Å²) in [5.41, 5.74) is 0. The van der Waals surface area contributed by atoms with E-state index in [2.05, 4.69) is 6.58 Å². The van der Waals surface area contributed by atoms with E-state index in [1.54, 1.807) is 22.9 Å². The van der Waals surface area contributed by atoms with Crippen LogP contribution in [0.1, 0.15) is 19.3 Å². The number of nitrogens with zero attached hydrogens (tertiary/aromatic N) is 2. The number of likely N-dealkylation sites (N-methyl/N-ethyl adjacent to an activating group) is 1. The summed E-state index contributed by atoms with van der Waals surface area (Å²) >= 11 is 0. The van der Waals surface area contributed by atoms with Gasteiger partial charge in [-0.1, -0.05) is 6.08 Å². The zero-order valence-electron chi connectivity index (χ0n) is 10.3. The van der Waals surface area contributed by atoms with Gasteiger partial charge in [0.25, 0.3) is 0 Å². The molecule has 5 nitrogen and oxygen atoms in total. The quantitative estimate of drug-likeness (QED) is 0.756. The van der Waals surface area contributed by atoms with Crippen molar-refractivity contribution in [2.45, 2.75) is 19.3 Å². The summed E-state index contributed by atoms with van der Waals surface area (Å²) in [5, 5.41) is 8.70. The first-order valence-corrected chi connectivity index (χ1v) is 5.87. The van der Waals surface area contributed by atoms with E-state index in [1.165, 1.54) is 0 Å². The number of amides is 2. The van der Waals surface area contributed by atoms with E-state index in [9.17, 15) is 9.59 Å². The van der Waals surface area contributed by atoms with Crippen molar-refractivity contribution < 1.29 is 14.7 Å². The molecule has 1 fully saturated rings. The monoisotopic (exact) mass is 240 g/mol. The van der Waals surface area contributed by atoms with Gasteiger partial charge in [0.1, 0.15) is 0 Å². The maximum Gasteiger partial charge on any atom is 0.320 e. The third kappa shape index (κ3) is 4.09. The summed E-state index contributed by atoms with van der Waals surface area (Å²) in [6, 6.07) is -0.00123. The number of urea groups is 1. The predicted octanol–water partition coefficient (Wildman–Crippen LogP) is 1.41. The number of carboxylic acids is 1. The zero-order chi connectivity index (χ0) is 12.8. The highest BCUT2D eigenvalue weighted by molar-refractivity contribution is 5.74. The lowest BCUT2D eigenvalue weighted by molar-refractivity contribution is -0.138. The first kappa shape index (κ1) is 13.5. The van der Waals surface area contributed by atoms with Crippen LogP contribution in [0.25, 0.3) is 0 Å². The van der Waals surface area contributed by atoms with E-state index >= 15 is 0 Å². The molecule has 0 saturated carbocycles. The van der Waals surface area contributed by atoms with Crippen LogP contribution >= 0.6 is 0 Å². The zero-order valence-corrected chi connectivity index (χ0v) is 10.3. The second kappa shape index (κ2) is 6.27. The van der Waals surface area contributed by atoms with Crippen LogP contribution in [0, 0.1) is 5.92 Å². The lowest BCUT2D eigenvalue weighted by atomic mass is 9.94. The van der Waals surface area contributed by atoms with E-state index in [1.807, 2.05) is 0 Å². The van der Waals surface area contributed by atoms with Crippen molar-refractivity contribution in [1.29, 1.82) is 0 Å². The lowest BCUT2D eigenvalue weighted by Gasteiger charge is -2.33. The van der Waals surface area contributed by atoms with Crippen molar-refractivity contribution in [3.8, 4) is 0 Å². The molecule has 0 atom stereocenters. The number of carbonyl (C=O) groups is 2. The van der Waals surface area contributed by atoms with Crippen molar-refractivity contribution in [1.82, 2.24) is 9.80 Å². The molecular formula is C12H20N2O3. The fraction of sp³-hybridized carbons (Fsp3) is 0.667. The average Bonchev–Trinajstić information content (AvgIpc) is 2.28. The molecule has 5 heteroatoms. The molecule has 2 amide bonds. The molecule has 96 valence electrons. The van der Waals surface area contributed by atoms with Crippen LogP contribution in [0.5, 0.6) is 0 Å². The van der Waals surface area contributed by atoms with Crippen molar-refractivity contribution in [3.63, 3.8) is 0 Å². The average molecular weight is 240 g/mol. The summed E-state index contributed by atoms with van der Waals surface area (Å²) < 4.78 is 0. The fourth-order valence-electron chi connectivity index (χ4n) is 2.09. The summed E-state index contributed by atoms with van der Waals surface area (Å²) in [4.78, 5) is 25.9. The van der Waals surface area contributed by atoms with Gasteiger partial charge >= 0.3 is 12.0 Å². The maximum atomic E-state index is 11.9. The highest BCUT2D eigenvalue weighted by atomic mass is 16.4. The topological polar surface area (TPSA) is 60.9 Å². The Morgan fingerprint density at radius 2 is 2.06 bits per heavy atom. The standard InChI is InChI=1S/C12H20N2O3/c1-3-6-13(2)12(17)14-7-4-10(5-8-14)9-11(15)16/h3,10H,1,4-9H2,2H3,(H,15,16). The Kier molecular flexibility index (Phi) is 5.00. The normalized spacial score (nSPS) is 16.6. The summed E-state index contributed by atoms with van der Waals surface area (Å²) in [6.45, 7) is 5.43. The van der Waals surface area contributed by atoms with Gasteiger partial charge < -0.3 is 14.9 Å². The van der Waals surface area contributed by atoms with Crippen LogP contribution < -0.4 is 0 Å². The van der Waals surface area contributed by atoms with E-state index in [-0.39, 0.29) is 18.4 Å². The van der Waals surface area contributed by atoms with Crippen LogP contribution in [0.2, 0.25) is 0 Å². The van der Waals surface area contributed by atoms with Gasteiger partial charge in [0.15, 0.2) is 0 Å². The molecule has 0 aromatic heterocycles. The number of rotatable bonds is 4. The summed E-state index contributed by atoms with van der Waals surface area (Å²) in [7, 11) is 1.74. The number of likely N-dealkylation sites (tertiary alicyclic amines) is 1. The minimum absolute atomic E-state index is 0.00123. The number of aliphatic carboxylic acids is 1. The number of carboxylic acid groups (broad SMARTS) is 1. The molecular weight excluding hydrogens is 220 g/mol. The smallest absolute Gasteiger partial charge is 0.320 e. The van der Waals surface area contributed by atoms with Gasteiger partial charge in [-0.25, -0.2) is 4.79 Å². The SMILES string of the molecule is C=CCN(C)C(=O)N1CCC(CC(=O)O)CC1. The highest BCUT2D eigenvalue weighted by Crippen LogP contribution is 2.21.